The predicted octanol–water partition coefficient (Wildman–Crippen LogP) is 4.24. The fraction of sp³-hybridized carbons (Fsp3) is 0.400. The topological polar surface area (TPSA) is 53.1 Å². The zero-order valence-electron chi connectivity index (χ0n) is 21.2. The number of nitrogens with zero attached hydrogens (tertiary/aromatic N) is 3. The number of carbonyl (C=O) groups is 2. The molecule has 37 heavy (non-hydrogen) atoms. The number of rotatable bonds is 11. The number of carbonyl (C=O) groups excluding carboxylic acids is 2. The second kappa shape index (κ2) is 12.5. The number of hydrogen-bond donors (Lipinski definition) is 0. The van der Waals surface area contributed by atoms with Crippen molar-refractivity contribution in [3.63, 3.8) is 0 Å². The molecule has 2 unspecified atom stereocenters. The number of benzene rings is 2. The normalized spacial score (nSPS) is 19.4. The molecule has 0 radical (unpaired) electrons. The van der Waals surface area contributed by atoms with Gasteiger partial charge < -0.3 is 14.5 Å². The van der Waals surface area contributed by atoms with E-state index in [4.69, 9.17) is 4.74 Å². The van der Waals surface area contributed by atoms with Crippen molar-refractivity contribution in [2.45, 2.75) is 25.4 Å². The Hall–Kier alpha value is -3.00. The summed E-state index contributed by atoms with van der Waals surface area (Å²) in [6.45, 7) is 5.67. The van der Waals surface area contributed by atoms with E-state index in [9.17, 15) is 9.59 Å². The molecule has 3 aromatic rings. The smallest absolute Gasteiger partial charge is 0.242 e. The summed E-state index contributed by atoms with van der Waals surface area (Å²) in [5.74, 6) is 0.303. The maximum Gasteiger partial charge on any atom is 0.242 e. The SMILES string of the molecule is O=C(CN(CCN1CCOCC1)C(=O)C1CC1c1ccccc1)N(Cc1ccccc1)Cc1cccs1. The number of thiophene rings is 1. The van der Waals surface area contributed by atoms with Crippen LogP contribution in [0.5, 0.6) is 0 Å². The first-order chi connectivity index (χ1) is 18.2. The van der Waals surface area contributed by atoms with Gasteiger partial charge in [0.1, 0.15) is 0 Å². The van der Waals surface area contributed by atoms with Crippen LogP contribution in [0.2, 0.25) is 0 Å². The molecule has 0 bridgehead atoms. The van der Waals surface area contributed by atoms with Crippen molar-refractivity contribution >= 4 is 23.2 Å². The van der Waals surface area contributed by atoms with Crippen LogP contribution in [0.3, 0.4) is 0 Å². The van der Waals surface area contributed by atoms with Gasteiger partial charge in [-0.25, -0.2) is 0 Å². The second-order valence-electron chi connectivity index (χ2n) is 9.89. The third-order valence-corrected chi connectivity index (χ3v) is 8.12. The molecule has 2 heterocycles. The summed E-state index contributed by atoms with van der Waals surface area (Å²) in [6.07, 6.45) is 0.855. The lowest BCUT2D eigenvalue weighted by Crippen LogP contribution is -2.47. The number of ether oxygens (including phenoxy) is 1. The van der Waals surface area contributed by atoms with Gasteiger partial charge in [0.05, 0.1) is 26.3 Å². The molecule has 1 aliphatic heterocycles. The maximum atomic E-state index is 13.7. The largest absolute Gasteiger partial charge is 0.379 e. The molecule has 2 amide bonds. The number of hydrogen-bond acceptors (Lipinski definition) is 5. The van der Waals surface area contributed by atoms with Crippen LogP contribution >= 0.6 is 11.3 Å². The van der Waals surface area contributed by atoms with Gasteiger partial charge in [0.2, 0.25) is 11.8 Å². The number of amides is 2. The summed E-state index contributed by atoms with van der Waals surface area (Å²) in [5, 5.41) is 2.04. The van der Waals surface area contributed by atoms with Gasteiger partial charge in [-0.15, -0.1) is 11.3 Å². The quantitative estimate of drug-likeness (QED) is 0.382. The van der Waals surface area contributed by atoms with E-state index < -0.39 is 0 Å². The fourth-order valence-electron chi connectivity index (χ4n) is 5.02. The minimum absolute atomic E-state index is 0.00973. The summed E-state index contributed by atoms with van der Waals surface area (Å²) < 4.78 is 5.49. The van der Waals surface area contributed by atoms with E-state index in [0.717, 1.165) is 49.7 Å². The minimum Gasteiger partial charge on any atom is -0.379 e. The number of morpholine rings is 1. The predicted molar refractivity (Wildman–Crippen MR) is 146 cm³/mol. The van der Waals surface area contributed by atoms with Gasteiger partial charge >= 0.3 is 0 Å². The Balaban J connectivity index is 1.29. The molecule has 0 spiro atoms. The molecular weight excluding hydrogens is 482 g/mol. The Bertz CT molecular complexity index is 1130. The Morgan fingerprint density at radius 1 is 0.892 bits per heavy atom. The Morgan fingerprint density at radius 3 is 2.32 bits per heavy atom. The van der Waals surface area contributed by atoms with Crippen molar-refractivity contribution in [1.82, 2.24) is 14.7 Å². The van der Waals surface area contributed by atoms with Crippen molar-refractivity contribution in [2.75, 3.05) is 45.9 Å². The molecule has 6 nitrogen and oxygen atoms in total. The first kappa shape index (κ1) is 25.6. The van der Waals surface area contributed by atoms with Gasteiger partial charge in [0, 0.05) is 43.5 Å². The lowest BCUT2D eigenvalue weighted by Gasteiger charge is -2.31. The van der Waals surface area contributed by atoms with Crippen molar-refractivity contribution in [3.05, 3.63) is 94.2 Å². The van der Waals surface area contributed by atoms with Crippen molar-refractivity contribution in [2.24, 2.45) is 5.92 Å². The zero-order chi connectivity index (χ0) is 25.5. The highest BCUT2D eigenvalue weighted by atomic mass is 32.1. The molecule has 5 rings (SSSR count). The van der Waals surface area contributed by atoms with Gasteiger partial charge in [0.25, 0.3) is 0 Å². The molecule has 0 N–H and O–H groups in total. The summed E-state index contributed by atoms with van der Waals surface area (Å²) in [4.78, 5) is 34.6. The van der Waals surface area contributed by atoms with Crippen LogP contribution < -0.4 is 0 Å². The van der Waals surface area contributed by atoms with Crippen molar-refractivity contribution < 1.29 is 14.3 Å². The monoisotopic (exact) mass is 517 g/mol. The molecule has 2 aromatic carbocycles. The van der Waals surface area contributed by atoms with Gasteiger partial charge in [0.15, 0.2) is 0 Å². The van der Waals surface area contributed by atoms with E-state index in [1.165, 1.54) is 5.56 Å². The summed E-state index contributed by atoms with van der Waals surface area (Å²) in [7, 11) is 0. The van der Waals surface area contributed by atoms with E-state index in [1.807, 2.05) is 69.8 Å². The fourth-order valence-corrected chi connectivity index (χ4v) is 5.73. The van der Waals surface area contributed by atoms with Crippen LogP contribution in [0.15, 0.2) is 78.2 Å². The third kappa shape index (κ3) is 7.06. The molecule has 1 aliphatic carbocycles. The molecular formula is C30H35N3O3S. The van der Waals surface area contributed by atoms with Gasteiger partial charge in [-0.05, 0) is 34.9 Å². The second-order valence-corrected chi connectivity index (χ2v) is 10.9. The Kier molecular flexibility index (Phi) is 8.66. The van der Waals surface area contributed by atoms with Crippen LogP contribution in [0.4, 0.5) is 0 Å². The van der Waals surface area contributed by atoms with Gasteiger partial charge in [-0.2, -0.15) is 0 Å². The maximum absolute atomic E-state index is 13.7. The van der Waals surface area contributed by atoms with Crippen molar-refractivity contribution in [3.8, 4) is 0 Å². The van der Waals surface area contributed by atoms with E-state index in [-0.39, 0.29) is 30.2 Å². The Labute approximate surface area is 223 Å². The van der Waals surface area contributed by atoms with E-state index in [1.54, 1.807) is 11.3 Å². The highest BCUT2D eigenvalue weighted by molar-refractivity contribution is 7.09. The lowest BCUT2D eigenvalue weighted by molar-refractivity contribution is -0.142. The van der Waals surface area contributed by atoms with Crippen LogP contribution in [-0.4, -0.2) is 72.5 Å². The van der Waals surface area contributed by atoms with E-state index in [0.29, 0.717) is 19.6 Å². The Morgan fingerprint density at radius 2 is 1.62 bits per heavy atom. The average Bonchev–Trinajstić information content (AvgIpc) is 3.59. The van der Waals surface area contributed by atoms with Gasteiger partial charge in [-0.3, -0.25) is 14.5 Å². The summed E-state index contributed by atoms with van der Waals surface area (Å²) in [6, 6.07) is 24.4. The van der Waals surface area contributed by atoms with Crippen LogP contribution in [0, 0.1) is 5.92 Å². The molecule has 194 valence electrons. The third-order valence-electron chi connectivity index (χ3n) is 7.26. The average molecular weight is 518 g/mol. The molecule has 1 aromatic heterocycles. The highest BCUT2D eigenvalue weighted by Crippen LogP contribution is 2.48. The molecule has 7 heteroatoms. The zero-order valence-corrected chi connectivity index (χ0v) is 22.0. The van der Waals surface area contributed by atoms with Crippen molar-refractivity contribution in [1.29, 1.82) is 0 Å². The first-order valence-electron chi connectivity index (χ1n) is 13.2. The summed E-state index contributed by atoms with van der Waals surface area (Å²) in [5.41, 5.74) is 2.30. The highest BCUT2D eigenvalue weighted by Gasteiger charge is 2.46. The van der Waals surface area contributed by atoms with Crippen LogP contribution in [-0.2, 0) is 27.4 Å². The molecule has 1 saturated carbocycles. The molecule has 2 atom stereocenters. The van der Waals surface area contributed by atoms with Crippen LogP contribution in [0.1, 0.15) is 28.3 Å². The molecule has 2 aliphatic rings. The van der Waals surface area contributed by atoms with Crippen LogP contribution in [0.25, 0.3) is 0 Å². The minimum atomic E-state index is -0.0419. The summed E-state index contributed by atoms with van der Waals surface area (Å²) >= 11 is 1.65. The molecule has 2 fully saturated rings. The van der Waals surface area contributed by atoms with Gasteiger partial charge in [-0.1, -0.05) is 66.7 Å². The molecule has 1 saturated heterocycles. The van der Waals surface area contributed by atoms with E-state index >= 15 is 0 Å². The first-order valence-corrected chi connectivity index (χ1v) is 14.0. The van der Waals surface area contributed by atoms with E-state index in [2.05, 4.69) is 23.1 Å². The lowest BCUT2D eigenvalue weighted by atomic mass is 10.1. The standard InChI is InChI=1S/C30H35N3O3S/c34-29(33(22-26-12-7-19-37-26)21-24-8-3-1-4-9-24)23-32(14-13-31-15-17-36-18-16-31)30(35)28-20-27(28)25-10-5-2-6-11-25/h1-12,19,27-28H,13-18,20-23H2.